The van der Waals surface area contributed by atoms with Crippen LogP contribution in [0.3, 0.4) is 0 Å². The summed E-state index contributed by atoms with van der Waals surface area (Å²) in [4.78, 5) is 6.78. The van der Waals surface area contributed by atoms with E-state index in [9.17, 15) is 8.42 Å². The van der Waals surface area contributed by atoms with Crippen LogP contribution >= 0.6 is 27.3 Å². The Balaban J connectivity index is 1.94. The molecule has 5 nitrogen and oxygen atoms in total. The number of nitrogens with one attached hydrogen (secondary N) is 2. The molecule has 17 heavy (non-hydrogen) atoms. The van der Waals surface area contributed by atoms with Crippen molar-refractivity contribution in [2.24, 2.45) is 0 Å². The second-order valence-electron chi connectivity index (χ2n) is 3.28. The molecule has 92 valence electrons. The number of sulfonamides is 1. The zero-order valence-electron chi connectivity index (χ0n) is 8.68. The Morgan fingerprint density at radius 1 is 1.47 bits per heavy atom. The minimum Gasteiger partial charge on any atom is -0.348 e. The van der Waals surface area contributed by atoms with Crippen molar-refractivity contribution in [3.05, 3.63) is 34.1 Å². The Morgan fingerprint density at radius 2 is 2.29 bits per heavy atom. The van der Waals surface area contributed by atoms with Gasteiger partial charge in [-0.05, 0) is 28.1 Å². The molecule has 0 atom stereocenters. The Bertz CT molecular complexity index is 577. The lowest BCUT2D eigenvalue weighted by Gasteiger charge is -2.03. The van der Waals surface area contributed by atoms with Crippen molar-refractivity contribution in [2.45, 2.75) is 10.6 Å². The number of hydrogen-bond donors (Lipinski definition) is 2. The molecule has 2 heterocycles. The zero-order chi connectivity index (χ0) is 12.3. The Morgan fingerprint density at radius 3 is 2.88 bits per heavy atom. The highest BCUT2D eigenvalue weighted by atomic mass is 79.9. The molecule has 0 aliphatic carbocycles. The first kappa shape index (κ1) is 12.7. The molecule has 0 bridgehead atoms. The van der Waals surface area contributed by atoms with Crippen LogP contribution in [0.25, 0.3) is 0 Å². The average Bonchev–Trinajstić information content (AvgIpc) is 2.89. The third-order valence-electron chi connectivity index (χ3n) is 2.05. The third-order valence-corrected chi connectivity index (χ3v) is 5.63. The van der Waals surface area contributed by atoms with Gasteiger partial charge in [-0.2, -0.15) is 0 Å². The maximum atomic E-state index is 11.8. The largest absolute Gasteiger partial charge is 0.348 e. The summed E-state index contributed by atoms with van der Waals surface area (Å²) in [5.74, 6) is 0. The van der Waals surface area contributed by atoms with Gasteiger partial charge in [0.1, 0.15) is 4.21 Å². The number of hydrogen-bond acceptors (Lipinski definition) is 4. The molecule has 0 amide bonds. The normalized spacial score (nSPS) is 11.8. The lowest BCUT2D eigenvalue weighted by atomic mass is 10.3. The number of rotatable bonds is 5. The van der Waals surface area contributed by atoms with Gasteiger partial charge in [0, 0.05) is 24.9 Å². The lowest BCUT2D eigenvalue weighted by molar-refractivity contribution is 0.583. The molecule has 0 spiro atoms. The van der Waals surface area contributed by atoms with Crippen molar-refractivity contribution in [3.8, 4) is 0 Å². The minimum atomic E-state index is -3.39. The molecule has 8 heteroatoms. The standard InChI is InChI=1S/C9H10BrN3O2S2/c10-8-1-2-9(16-8)17(14,15)13-4-3-7-5-11-6-12-7/h1-2,5-6,13H,3-4H2,(H,11,12). The second kappa shape index (κ2) is 5.30. The van der Waals surface area contributed by atoms with Crippen molar-refractivity contribution in [3.63, 3.8) is 0 Å². The number of halogens is 1. The first-order valence-electron chi connectivity index (χ1n) is 4.80. The quantitative estimate of drug-likeness (QED) is 0.874. The van der Waals surface area contributed by atoms with E-state index in [1.54, 1.807) is 24.7 Å². The predicted molar refractivity (Wildman–Crippen MR) is 69.5 cm³/mol. The summed E-state index contributed by atoms with van der Waals surface area (Å²) in [5, 5.41) is 0. The van der Waals surface area contributed by atoms with Crippen molar-refractivity contribution >= 4 is 37.3 Å². The van der Waals surface area contributed by atoms with Gasteiger partial charge in [0.25, 0.3) is 0 Å². The monoisotopic (exact) mass is 335 g/mol. The smallest absolute Gasteiger partial charge is 0.250 e. The Kier molecular flexibility index (Phi) is 3.97. The summed E-state index contributed by atoms with van der Waals surface area (Å²) < 4.78 is 27.3. The van der Waals surface area contributed by atoms with Gasteiger partial charge in [0.2, 0.25) is 10.0 Å². The highest BCUT2D eigenvalue weighted by Crippen LogP contribution is 2.25. The van der Waals surface area contributed by atoms with E-state index in [2.05, 4.69) is 30.6 Å². The first-order chi connectivity index (χ1) is 8.08. The van der Waals surface area contributed by atoms with Crippen LogP contribution in [0.1, 0.15) is 5.69 Å². The molecule has 0 unspecified atom stereocenters. The maximum Gasteiger partial charge on any atom is 0.250 e. The highest BCUT2D eigenvalue weighted by molar-refractivity contribution is 9.11. The molecule has 2 rings (SSSR count). The van der Waals surface area contributed by atoms with Crippen LogP contribution in [0.5, 0.6) is 0 Å². The third kappa shape index (κ3) is 3.38. The zero-order valence-corrected chi connectivity index (χ0v) is 11.9. The highest BCUT2D eigenvalue weighted by Gasteiger charge is 2.15. The number of aromatic nitrogens is 2. The van der Waals surface area contributed by atoms with Crippen molar-refractivity contribution < 1.29 is 8.42 Å². The van der Waals surface area contributed by atoms with Crippen LogP contribution in [-0.2, 0) is 16.4 Å². The van der Waals surface area contributed by atoms with E-state index < -0.39 is 10.0 Å². The number of aromatic amines is 1. The van der Waals surface area contributed by atoms with Gasteiger partial charge in [-0.1, -0.05) is 0 Å². The predicted octanol–water partition coefficient (Wildman–Crippen LogP) is 1.75. The van der Waals surface area contributed by atoms with E-state index >= 15 is 0 Å². The van der Waals surface area contributed by atoms with Gasteiger partial charge in [-0.25, -0.2) is 18.1 Å². The fourth-order valence-corrected chi connectivity index (χ4v) is 4.34. The van der Waals surface area contributed by atoms with Gasteiger partial charge >= 0.3 is 0 Å². The Labute approximate surface area is 111 Å². The van der Waals surface area contributed by atoms with Gasteiger partial charge in [0.05, 0.1) is 10.1 Å². The molecule has 0 aliphatic rings. The molecule has 0 saturated heterocycles. The molecule has 2 aromatic heterocycles. The van der Waals surface area contributed by atoms with E-state index in [1.807, 2.05) is 0 Å². The molecule has 0 radical (unpaired) electrons. The summed E-state index contributed by atoms with van der Waals surface area (Å²) in [6.45, 7) is 0.347. The summed E-state index contributed by atoms with van der Waals surface area (Å²) in [5.41, 5.74) is 0.903. The molecule has 2 aromatic rings. The number of H-pyrrole nitrogens is 1. The van der Waals surface area contributed by atoms with Crippen molar-refractivity contribution in [1.82, 2.24) is 14.7 Å². The van der Waals surface area contributed by atoms with E-state index in [0.29, 0.717) is 17.2 Å². The topological polar surface area (TPSA) is 74.8 Å². The molecule has 0 aromatic carbocycles. The molecule has 0 aliphatic heterocycles. The lowest BCUT2D eigenvalue weighted by Crippen LogP contribution is -2.25. The molecular formula is C9H10BrN3O2S2. The van der Waals surface area contributed by atoms with Crippen LogP contribution in [0, 0.1) is 0 Å². The van der Waals surface area contributed by atoms with Crippen LogP contribution in [0.4, 0.5) is 0 Å². The second-order valence-corrected chi connectivity index (χ2v) is 7.74. The van der Waals surface area contributed by atoms with Gasteiger partial charge in [-0.3, -0.25) is 0 Å². The van der Waals surface area contributed by atoms with E-state index in [-0.39, 0.29) is 0 Å². The minimum absolute atomic E-state index is 0.314. The summed E-state index contributed by atoms with van der Waals surface area (Å²) in [6.07, 6.45) is 3.84. The first-order valence-corrected chi connectivity index (χ1v) is 7.89. The van der Waals surface area contributed by atoms with Crippen molar-refractivity contribution in [1.29, 1.82) is 0 Å². The number of thiophene rings is 1. The number of nitrogens with zero attached hydrogens (tertiary/aromatic N) is 1. The van der Waals surface area contributed by atoms with Gasteiger partial charge in [-0.15, -0.1) is 11.3 Å². The molecular weight excluding hydrogens is 326 g/mol. The van der Waals surface area contributed by atoms with Gasteiger partial charge < -0.3 is 4.98 Å². The number of imidazole rings is 1. The summed E-state index contributed by atoms with van der Waals surface area (Å²) in [7, 11) is -3.39. The SMILES string of the molecule is O=S(=O)(NCCc1cnc[nH]1)c1ccc(Br)s1. The van der Waals surface area contributed by atoms with Crippen LogP contribution in [0.15, 0.2) is 32.7 Å². The fourth-order valence-electron chi connectivity index (χ4n) is 1.25. The van der Waals surface area contributed by atoms with Crippen LogP contribution < -0.4 is 4.72 Å². The van der Waals surface area contributed by atoms with Gasteiger partial charge in [0.15, 0.2) is 0 Å². The van der Waals surface area contributed by atoms with Crippen molar-refractivity contribution in [2.75, 3.05) is 6.54 Å². The Hall–Kier alpha value is -0.700. The average molecular weight is 336 g/mol. The van der Waals surface area contributed by atoms with E-state index in [1.165, 1.54) is 11.3 Å². The molecule has 0 fully saturated rings. The molecule has 2 N–H and O–H groups in total. The summed E-state index contributed by atoms with van der Waals surface area (Å²) in [6, 6.07) is 3.29. The van der Waals surface area contributed by atoms with E-state index in [0.717, 1.165) is 9.48 Å². The van der Waals surface area contributed by atoms with E-state index in [4.69, 9.17) is 0 Å². The maximum absolute atomic E-state index is 11.8. The summed E-state index contributed by atoms with van der Waals surface area (Å²) >= 11 is 4.43. The fraction of sp³-hybridized carbons (Fsp3) is 0.222. The molecule has 0 saturated carbocycles. The van der Waals surface area contributed by atoms with Crippen LogP contribution in [0.2, 0.25) is 0 Å². The van der Waals surface area contributed by atoms with Crippen LogP contribution in [-0.4, -0.2) is 24.9 Å².